The van der Waals surface area contributed by atoms with Gasteiger partial charge in [-0.3, -0.25) is 14.9 Å². The summed E-state index contributed by atoms with van der Waals surface area (Å²) in [6, 6.07) is 11.2. The lowest BCUT2D eigenvalue weighted by Crippen LogP contribution is -2.73. The van der Waals surface area contributed by atoms with Crippen LogP contribution < -0.4 is 15.1 Å². The third kappa shape index (κ3) is 2.76. The number of barbiturate groups is 1. The minimum Gasteiger partial charge on any atom is -0.365 e. The van der Waals surface area contributed by atoms with Crippen LogP contribution in [0.1, 0.15) is 5.56 Å². The molecule has 1 spiro atoms. The van der Waals surface area contributed by atoms with E-state index >= 15 is 0 Å². The summed E-state index contributed by atoms with van der Waals surface area (Å²) in [6.45, 7) is 0.723. The Bertz CT molecular complexity index is 1090. The molecule has 0 saturated carbocycles. The molecule has 4 amide bonds. The van der Waals surface area contributed by atoms with Crippen molar-refractivity contribution in [1.29, 1.82) is 0 Å². The monoisotopic (exact) mass is 461 g/mol. The number of anilines is 2. The molecule has 2 aromatic rings. The van der Waals surface area contributed by atoms with Crippen molar-refractivity contribution >= 4 is 64.2 Å². The summed E-state index contributed by atoms with van der Waals surface area (Å²) >= 11 is 14.1. The molecule has 2 saturated heterocycles. The minimum absolute atomic E-state index is 0.174. The standard InChI is InChI=1S/C21H17Cl2N3O3S/c22-13-5-6-14(23)16(9-13)26-19(28)21(18(27)24-20(26)29)10-12-3-1-2-4-15(12)25-7-8-30-11-17(21)25/h1-6,9,17H,7-8,10-11H2,(H,24,27,29)/t17-,21-/m0/s1. The van der Waals surface area contributed by atoms with Gasteiger partial charge >= 0.3 is 6.03 Å². The highest BCUT2D eigenvalue weighted by Gasteiger charge is 2.62. The van der Waals surface area contributed by atoms with Crippen LogP contribution in [0.25, 0.3) is 0 Å². The number of benzene rings is 2. The summed E-state index contributed by atoms with van der Waals surface area (Å²) in [7, 11) is 0. The average Bonchev–Trinajstić information content (AvgIpc) is 2.74. The smallest absolute Gasteiger partial charge is 0.335 e. The molecule has 3 aliphatic heterocycles. The SMILES string of the molecule is O=C1NC(=O)[C@@]2(Cc3ccccc3N3CCSC[C@H]32)C(=O)N1c1cc(Cl)ccc1Cl. The fourth-order valence-electron chi connectivity index (χ4n) is 4.64. The zero-order valence-corrected chi connectivity index (χ0v) is 18.1. The molecule has 30 heavy (non-hydrogen) atoms. The van der Waals surface area contributed by atoms with Gasteiger partial charge in [-0.2, -0.15) is 11.8 Å². The first-order chi connectivity index (χ1) is 14.4. The van der Waals surface area contributed by atoms with E-state index in [1.54, 1.807) is 17.8 Å². The van der Waals surface area contributed by atoms with E-state index < -0.39 is 23.3 Å². The first-order valence-corrected chi connectivity index (χ1v) is 11.4. The van der Waals surface area contributed by atoms with Gasteiger partial charge in [-0.25, -0.2) is 9.69 Å². The predicted octanol–water partition coefficient (Wildman–Crippen LogP) is 3.74. The van der Waals surface area contributed by atoms with Crippen LogP contribution in [0.15, 0.2) is 42.5 Å². The van der Waals surface area contributed by atoms with E-state index in [1.165, 1.54) is 12.1 Å². The molecule has 2 fully saturated rings. The van der Waals surface area contributed by atoms with Crippen LogP contribution in [-0.4, -0.2) is 41.9 Å². The number of rotatable bonds is 1. The summed E-state index contributed by atoms with van der Waals surface area (Å²) in [6.07, 6.45) is 0.220. The van der Waals surface area contributed by atoms with Gasteiger partial charge in [0.2, 0.25) is 5.91 Å². The molecule has 9 heteroatoms. The highest BCUT2D eigenvalue weighted by molar-refractivity contribution is 7.99. The van der Waals surface area contributed by atoms with Gasteiger partial charge in [0.15, 0.2) is 5.41 Å². The van der Waals surface area contributed by atoms with Gasteiger partial charge in [0.1, 0.15) is 0 Å². The van der Waals surface area contributed by atoms with Crippen molar-refractivity contribution in [2.24, 2.45) is 5.41 Å². The molecule has 3 heterocycles. The lowest BCUT2D eigenvalue weighted by atomic mass is 9.69. The maximum absolute atomic E-state index is 14.0. The van der Waals surface area contributed by atoms with Crippen molar-refractivity contribution in [2.75, 3.05) is 27.9 Å². The Morgan fingerprint density at radius 3 is 2.70 bits per heavy atom. The van der Waals surface area contributed by atoms with E-state index in [-0.39, 0.29) is 23.2 Å². The number of imide groups is 2. The summed E-state index contributed by atoms with van der Waals surface area (Å²) < 4.78 is 0. The van der Waals surface area contributed by atoms with Gasteiger partial charge in [0.25, 0.3) is 5.91 Å². The molecule has 0 unspecified atom stereocenters. The second kappa shape index (κ2) is 7.18. The van der Waals surface area contributed by atoms with Crippen LogP contribution in [-0.2, 0) is 16.0 Å². The number of carbonyl (C=O) groups excluding carboxylic acids is 3. The van der Waals surface area contributed by atoms with Crippen molar-refractivity contribution in [3.8, 4) is 0 Å². The number of hydrogen-bond donors (Lipinski definition) is 1. The lowest BCUT2D eigenvalue weighted by molar-refractivity contribution is -0.144. The van der Waals surface area contributed by atoms with Gasteiger partial charge < -0.3 is 4.90 Å². The van der Waals surface area contributed by atoms with Crippen LogP contribution in [0.4, 0.5) is 16.2 Å². The zero-order chi connectivity index (χ0) is 21.0. The normalized spacial score (nSPS) is 25.8. The summed E-state index contributed by atoms with van der Waals surface area (Å²) in [5.74, 6) is 0.393. The van der Waals surface area contributed by atoms with Crippen molar-refractivity contribution in [3.05, 3.63) is 58.1 Å². The lowest BCUT2D eigenvalue weighted by Gasteiger charge is -2.53. The molecule has 5 rings (SSSR count). The van der Waals surface area contributed by atoms with Crippen LogP contribution in [0.2, 0.25) is 10.0 Å². The molecule has 154 valence electrons. The number of carbonyl (C=O) groups is 3. The van der Waals surface area contributed by atoms with Gasteiger partial charge in [0, 0.05) is 28.8 Å². The Kier molecular flexibility index (Phi) is 4.72. The van der Waals surface area contributed by atoms with E-state index in [1.807, 2.05) is 24.3 Å². The fraction of sp³-hybridized carbons (Fsp3) is 0.286. The molecule has 2 atom stereocenters. The molecule has 0 aromatic heterocycles. The van der Waals surface area contributed by atoms with Crippen LogP contribution >= 0.6 is 35.0 Å². The van der Waals surface area contributed by atoms with Crippen LogP contribution in [0.5, 0.6) is 0 Å². The third-order valence-electron chi connectivity index (χ3n) is 6.03. The Labute approximate surface area is 187 Å². The molecule has 3 aliphatic rings. The zero-order valence-electron chi connectivity index (χ0n) is 15.7. The Hall–Kier alpha value is -2.22. The minimum atomic E-state index is -1.43. The Morgan fingerprint density at radius 1 is 1.07 bits per heavy atom. The van der Waals surface area contributed by atoms with Crippen LogP contribution in [0, 0.1) is 5.41 Å². The van der Waals surface area contributed by atoms with Crippen molar-refractivity contribution in [1.82, 2.24) is 5.32 Å². The average molecular weight is 462 g/mol. The Balaban J connectivity index is 1.68. The predicted molar refractivity (Wildman–Crippen MR) is 119 cm³/mol. The highest BCUT2D eigenvalue weighted by atomic mass is 35.5. The number of amides is 4. The number of nitrogens with one attached hydrogen (secondary N) is 1. The number of halogens is 2. The maximum Gasteiger partial charge on any atom is 0.335 e. The van der Waals surface area contributed by atoms with E-state index in [0.717, 1.165) is 28.4 Å². The molecule has 6 nitrogen and oxygen atoms in total. The van der Waals surface area contributed by atoms with Gasteiger partial charge in [-0.1, -0.05) is 41.4 Å². The first kappa shape index (κ1) is 19.7. The number of urea groups is 1. The van der Waals surface area contributed by atoms with Crippen molar-refractivity contribution in [3.63, 3.8) is 0 Å². The number of hydrogen-bond acceptors (Lipinski definition) is 5. The van der Waals surface area contributed by atoms with Gasteiger partial charge in [-0.05, 0) is 36.2 Å². The second-order valence-corrected chi connectivity index (χ2v) is 9.55. The Morgan fingerprint density at radius 2 is 1.87 bits per heavy atom. The molecule has 1 N–H and O–H groups in total. The quantitative estimate of drug-likeness (QED) is 0.654. The van der Waals surface area contributed by atoms with E-state index in [4.69, 9.17) is 23.2 Å². The molecule has 0 bridgehead atoms. The fourth-order valence-corrected chi connectivity index (χ4v) is 6.19. The van der Waals surface area contributed by atoms with E-state index in [2.05, 4.69) is 10.2 Å². The van der Waals surface area contributed by atoms with Gasteiger partial charge in [0.05, 0.1) is 16.8 Å². The van der Waals surface area contributed by atoms with Crippen molar-refractivity contribution < 1.29 is 14.4 Å². The van der Waals surface area contributed by atoms with E-state index in [9.17, 15) is 14.4 Å². The largest absolute Gasteiger partial charge is 0.365 e. The topological polar surface area (TPSA) is 69.7 Å². The van der Waals surface area contributed by atoms with Gasteiger partial charge in [-0.15, -0.1) is 0 Å². The maximum atomic E-state index is 14.0. The van der Waals surface area contributed by atoms with Crippen molar-refractivity contribution in [2.45, 2.75) is 12.5 Å². The summed E-state index contributed by atoms with van der Waals surface area (Å²) in [4.78, 5) is 43.1. The van der Waals surface area contributed by atoms with Crippen LogP contribution in [0.3, 0.4) is 0 Å². The molecular weight excluding hydrogens is 445 g/mol. The number of thioether (sulfide) groups is 1. The number of fused-ring (bicyclic) bond motifs is 4. The summed E-state index contributed by atoms with van der Waals surface area (Å²) in [5, 5.41) is 2.96. The molecule has 0 aliphatic carbocycles. The number of para-hydroxylation sites is 1. The first-order valence-electron chi connectivity index (χ1n) is 9.51. The number of nitrogens with zero attached hydrogens (tertiary/aromatic N) is 2. The summed E-state index contributed by atoms with van der Waals surface area (Å²) in [5.41, 5.74) is 0.697. The highest BCUT2D eigenvalue weighted by Crippen LogP contribution is 2.47. The second-order valence-electron chi connectivity index (χ2n) is 7.56. The van der Waals surface area contributed by atoms with E-state index in [0.29, 0.717) is 10.8 Å². The third-order valence-corrected chi connectivity index (χ3v) is 7.61. The molecule has 2 aromatic carbocycles. The molecular formula is C21H17Cl2N3O3S. The molecule has 0 radical (unpaired) electrons.